The zero-order chi connectivity index (χ0) is 100. The molecule has 12 nitrogen and oxygen atoms in total. The van der Waals surface area contributed by atoms with Gasteiger partial charge in [-0.15, -0.1) is 0 Å². The van der Waals surface area contributed by atoms with E-state index in [2.05, 4.69) is 272 Å². The first-order chi connectivity index (χ1) is 69.2. The molecular formula is C118H118Cl8Fe4N12. The van der Waals surface area contributed by atoms with E-state index in [1.165, 1.54) is 122 Å². The molecule has 8 atom stereocenters. The fourth-order valence-corrected chi connectivity index (χ4v) is 19.8. The minimum absolute atomic E-state index is 0.194. The predicted molar refractivity (Wildman–Crippen MR) is 597 cm³/mol. The Labute approximate surface area is 897 Å². The summed E-state index contributed by atoms with van der Waals surface area (Å²) in [5.41, 5.74) is 26.2. The van der Waals surface area contributed by atoms with Crippen molar-refractivity contribution in [2.75, 3.05) is 0 Å². The van der Waals surface area contributed by atoms with Crippen LogP contribution in [0.5, 0.6) is 0 Å². The zero-order valence-corrected chi connectivity index (χ0v) is 91.8. The van der Waals surface area contributed by atoms with Gasteiger partial charge in [0.1, 0.15) is 0 Å². The van der Waals surface area contributed by atoms with Gasteiger partial charge >= 0.3 is 133 Å². The fraction of sp³-hybridized carbons (Fsp3) is 0.271. The Morgan fingerprint density at radius 2 is 0.592 bits per heavy atom. The molecule has 0 spiro atoms. The van der Waals surface area contributed by atoms with Gasteiger partial charge in [0.05, 0.1) is 132 Å². The van der Waals surface area contributed by atoms with Crippen molar-refractivity contribution in [2.45, 2.75) is 171 Å². The molecule has 7 aliphatic carbocycles. The van der Waals surface area contributed by atoms with Crippen LogP contribution in [-0.4, -0.2) is 77.7 Å². The van der Waals surface area contributed by atoms with Gasteiger partial charge in [-0.05, 0) is 268 Å². The van der Waals surface area contributed by atoms with Crippen LogP contribution in [0.15, 0.2) is 361 Å². The summed E-state index contributed by atoms with van der Waals surface area (Å²) in [7, 11) is 38.1. The molecule has 0 aliphatic heterocycles. The standard InChI is InChI=1S/C31H27N3.C29H35N3.C29H33N3.C29H23N3.8ClH.4Fe/c1-20-16-18-24-10-5-7-12-26(24)30(20)32-22(3)28-14-9-15-29(34-28)23(4)33-31-21(2)17-19-25-11-6-8-13-27(25)31;3*1-20(30-28-18-7-12-22-10-3-5-14-24(22)28)26-16-9-17-27(32-26)21(2)31-29-19-8-13-23-11-4-6-15-25(23)29;;;;;;;;;;;;/h5-19H,1-4H3;3-6,9-11,14-17,22-25,28-29H,7-8,12-13,18-19H2,1-2H3;7-9,12-13,16-19,22,24H,3-6,10-11,14-15H2,1-2H3;3-19H,1-2H3;8*1H;;;;/q;;;;;;;;;;;;4*+2/p-8. The number of aliphatic imine (C=N–C) groups is 8. The van der Waals surface area contributed by atoms with Crippen LogP contribution in [-0.2, 0) is 65.4 Å². The average molecular weight is 2210 g/mol. The first-order valence-corrected chi connectivity index (χ1v) is 60.2. The van der Waals surface area contributed by atoms with Crippen LogP contribution in [0, 0.1) is 49.4 Å². The van der Waals surface area contributed by atoms with Crippen LogP contribution in [0.25, 0.3) is 43.1 Å². The molecule has 0 amide bonds. The summed E-state index contributed by atoms with van der Waals surface area (Å²) in [6.45, 7) is 20.7. The first kappa shape index (κ1) is 110. The van der Waals surface area contributed by atoms with Crippen LogP contribution in [0.1, 0.15) is 200 Å². The van der Waals surface area contributed by atoms with Crippen molar-refractivity contribution in [1.29, 1.82) is 0 Å². The molecule has 738 valence electrons. The van der Waals surface area contributed by atoms with E-state index in [4.69, 9.17) is 141 Å². The number of aryl methyl sites for hydroxylation is 3. The number of benzene rings is 9. The van der Waals surface area contributed by atoms with E-state index in [0.29, 0.717) is 47.6 Å². The van der Waals surface area contributed by atoms with Gasteiger partial charge in [0, 0.05) is 45.0 Å². The Morgan fingerprint density at radius 3 is 1.02 bits per heavy atom. The second kappa shape index (κ2) is 57.1. The fourth-order valence-electron chi connectivity index (χ4n) is 19.8. The molecule has 0 radical (unpaired) electrons. The summed E-state index contributed by atoms with van der Waals surface area (Å²) in [5.74, 6) is 3.59. The Hall–Kier alpha value is -9.18. The number of hydrogen-bond donors (Lipinski definition) is 0. The second-order valence-electron chi connectivity index (χ2n) is 36.0. The molecule has 8 unspecified atom stereocenters. The zero-order valence-electron chi connectivity index (χ0n) is 81.3. The topological polar surface area (TPSA) is 150 Å². The Bertz CT molecular complexity index is 6660. The molecule has 7 aliphatic rings. The molecule has 0 saturated heterocycles. The number of rotatable bonds is 16. The van der Waals surface area contributed by atoms with Crippen molar-refractivity contribution in [2.24, 2.45) is 75.4 Å². The van der Waals surface area contributed by atoms with Crippen molar-refractivity contribution in [3.8, 4) is 0 Å². The summed E-state index contributed by atoms with van der Waals surface area (Å²) in [4.78, 5) is 59.9. The number of nitrogens with zero attached hydrogens (tertiary/aromatic N) is 12. The molecule has 20 rings (SSSR count). The molecule has 9 aromatic carbocycles. The second-order valence-corrected chi connectivity index (χ2v) is 43.3. The van der Waals surface area contributed by atoms with Gasteiger partial charge in [-0.3, -0.25) is 39.9 Å². The molecule has 142 heavy (non-hydrogen) atoms. The van der Waals surface area contributed by atoms with E-state index >= 15 is 0 Å². The SMILES string of the molecule is CC(=NC1=CC=CC2CCCCC12)c1cccc(C(C)=Nc2cccc3c2CCCC3)n1.CC(=NC1CCCC2C=CC=CC21)c1cccc(C(C)=NC2CCCC3C=CC=CC32)n1.CC(=Nc1c(C)ccc2ccccc12)c1cccc(C(C)=Nc2c(C)ccc3ccccc23)n1.CC(=Nc1cccc2ccccc12)c1cccc(C(C)=Nc2cccc3ccccc23)n1.[Cl][Fe][Cl].[Cl][Fe][Cl].[Cl][Fe][Cl].[Cl][Fe][Cl]. The number of hydrogen-bond acceptors (Lipinski definition) is 12. The van der Waals surface area contributed by atoms with Crippen molar-refractivity contribution in [3.63, 3.8) is 0 Å². The molecule has 3 fully saturated rings. The quantitative estimate of drug-likeness (QED) is 0.0699. The minimum atomic E-state index is 0.194. The molecular weight excluding hydrogens is 2090 g/mol. The van der Waals surface area contributed by atoms with Crippen LogP contribution < -0.4 is 0 Å². The number of fused-ring (bicyclic) bond motifs is 8. The van der Waals surface area contributed by atoms with Gasteiger partial charge in [-0.2, -0.15) is 0 Å². The third kappa shape index (κ3) is 30.5. The van der Waals surface area contributed by atoms with Crippen molar-refractivity contribution in [3.05, 3.63) is 389 Å². The number of pyridine rings is 4. The van der Waals surface area contributed by atoms with Gasteiger partial charge in [0.25, 0.3) is 0 Å². The number of allylic oxidation sites excluding steroid dienone is 10. The molecule has 4 aromatic heterocycles. The van der Waals surface area contributed by atoms with E-state index in [-0.39, 0.29) is 52.5 Å². The van der Waals surface area contributed by atoms with E-state index in [1.54, 1.807) is 0 Å². The van der Waals surface area contributed by atoms with E-state index in [1.807, 2.05) is 113 Å². The molecule has 13 aromatic rings. The van der Waals surface area contributed by atoms with Crippen molar-refractivity contribution < 1.29 is 52.5 Å². The Kier molecular flexibility index (Phi) is 44.2. The first-order valence-electron chi connectivity index (χ1n) is 48.1. The molecule has 24 heteroatoms. The van der Waals surface area contributed by atoms with Crippen LogP contribution in [0.3, 0.4) is 0 Å². The van der Waals surface area contributed by atoms with Gasteiger partial charge < -0.3 is 0 Å². The molecule has 4 heterocycles. The average Bonchev–Trinajstić information content (AvgIpc) is 0.801. The maximum absolute atomic E-state index is 5.17. The monoisotopic (exact) mass is 2210 g/mol. The normalized spacial score (nSPS) is 19.4. The van der Waals surface area contributed by atoms with Crippen molar-refractivity contribution in [1.82, 2.24) is 19.9 Å². The Morgan fingerprint density at radius 1 is 0.275 bits per heavy atom. The molecule has 0 N–H and O–H groups in total. The molecule has 3 saturated carbocycles. The van der Waals surface area contributed by atoms with Gasteiger partial charge in [-0.25, -0.2) is 19.9 Å². The molecule has 0 bridgehead atoms. The van der Waals surface area contributed by atoms with Crippen LogP contribution >= 0.6 is 80.8 Å². The van der Waals surface area contributed by atoms with Crippen molar-refractivity contribution >= 4 is 198 Å². The Balaban J connectivity index is 0.000000153. The van der Waals surface area contributed by atoms with E-state index in [0.717, 1.165) is 159 Å². The summed E-state index contributed by atoms with van der Waals surface area (Å²) >= 11 is 0.778. The summed E-state index contributed by atoms with van der Waals surface area (Å²) in [6, 6.07) is 86.1. The summed E-state index contributed by atoms with van der Waals surface area (Å²) < 4.78 is 0. The predicted octanol–water partition coefficient (Wildman–Crippen LogP) is 35.2. The van der Waals surface area contributed by atoms with E-state index in [9.17, 15) is 0 Å². The summed E-state index contributed by atoms with van der Waals surface area (Å²) in [6.07, 6.45) is 42.5. The van der Waals surface area contributed by atoms with Crippen LogP contribution in [0.4, 0.5) is 28.4 Å². The number of aromatic nitrogens is 4. The van der Waals surface area contributed by atoms with Crippen LogP contribution in [0.2, 0.25) is 0 Å². The summed E-state index contributed by atoms with van der Waals surface area (Å²) in [5, 5.41) is 9.33. The third-order valence-corrected chi connectivity index (χ3v) is 26.9. The number of halogens is 8. The third-order valence-electron chi connectivity index (χ3n) is 26.9. The van der Waals surface area contributed by atoms with Gasteiger partial charge in [0.15, 0.2) is 0 Å². The van der Waals surface area contributed by atoms with Gasteiger partial charge in [-0.1, -0.05) is 268 Å². The van der Waals surface area contributed by atoms with Gasteiger partial charge in [0.2, 0.25) is 0 Å². The van der Waals surface area contributed by atoms with E-state index < -0.39 is 0 Å². The maximum atomic E-state index is 5.17.